The molecule has 0 aliphatic carbocycles. The lowest BCUT2D eigenvalue weighted by Crippen LogP contribution is -2.29. The molecule has 1 aromatic rings. The van der Waals surface area contributed by atoms with Gasteiger partial charge in [-0.2, -0.15) is 4.98 Å². The first-order valence-electron chi connectivity index (χ1n) is 6.10. The largest absolute Gasteiger partial charge is 0.393 e. The van der Waals surface area contributed by atoms with Gasteiger partial charge in [0.15, 0.2) is 6.23 Å². The Bertz CT molecular complexity index is 715. The number of aliphatic hydroxyl groups is 1. The summed E-state index contributed by atoms with van der Waals surface area (Å²) in [6.07, 6.45) is 0.799. The standard InChI is InChI=1S/C13H12BrF2N3O3/c14-2-1-7-5-19(13(21)18-11(7)17)12-9(4-16)8(3-15)10(6-20)22-12/h1-5,10,12,20H,6H2,(H2,17,18,21)/b2-1-,8-3+,9-4+. The first-order chi connectivity index (χ1) is 10.6. The van der Waals surface area contributed by atoms with Gasteiger partial charge >= 0.3 is 5.69 Å². The minimum absolute atomic E-state index is 0.0132. The van der Waals surface area contributed by atoms with Crippen molar-refractivity contribution in [3.63, 3.8) is 0 Å². The second-order valence-electron chi connectivity index (χ2n) is 4.35. The molecule has 3 N–H and O–H groups in total. The van der Waals surface area contributed by atoms with Crippen molar-refractivity contribution in [3.05, 3.63) is 51.0 Å². The molecule has 2 rings (SSSR count). The Morgan fingerprint density at radius 2 is 2.14 bits per heavy atom. The zero-order chi connectivity index (χ0) is 16.3. The van der Waals surface area contributed by atoms with Crippen LogP contribution in [0.5, 0.6) is 0 Å². The van der Waals surface area contributed by atoms with Gasteiger partial charge in [0, 0.05) is 22.9 Å². The van der Waals surface area contributed by atoms with Crippen molar-refractivity contribution in [3.8, 4) is 0 Å². The second kappa shape index (κ2) is 6.95. The number of aromatic nitrogens is 2. The van der Waals surface area contributed by atoms with Crippen LogP contribution in [0.4, 0.5) is 14.6 Å². The zero-order valence-corrected chi connectivity index (χ0v) is 12.7. The van der Waals surface area contributed by atoms with Crippen LogP contribution in [-0.4, -0.2) is 27.4 Å². The molecule has 0 aromatic carbocycles. The summed E-state index contributed by atoms with van der Waals surface area (Å²) in [7, 11) is 0. The summed E-state index contributed by atoms with van der Waals surface area (Å²) in [6.45, 7) is -0.561. The molecule has 9 heteroatoms. The van der Waals surface area contributed by atoms with Gasteiger partial charge in [0.25, 0.3) is 0 Å². The summed E-state index contributed by atoms with van der Waals surface area (Å²) in [5.41, 5.74) is 4.84. The summed E-state index contributed by atoms with van der Waals surface area (Å²) >= 11 is 3.07. The Balaban J connectivity index is 2.56. The summed E-state index contributed by atoms with van der Waals surface area (Å²) in [5.74, 6) is -0.0132. The van der Waals surface area contributed by atoms with Gasteiger partial charge in [0.2, 0.25) is 0 Å². The molecule has 1 aliphatic rings. The lowest BCUT2D eigenvalue weighted by atomic mass is 10.1. The van der Waals surface area contributed by atoms with Gasteiger partial charge in [0.05, 0.1) is 19.3 Å². The number of nitrogens with zero attached hydrogens (tertiary/aromatic N) is 2. The summed E-state index contributed by atoms with van der Waals surface area (Å²) < 4.78 is 32.4. The van der Waals surface area contributed by atoms with E-state index >= 15 is 0 Å². The van der Waals surface area contributed by atoms with Crippen molar-refractivity contribution in [1.29, 1.82) is 0 Å². The number of nitrogens with two attached hydrogens (primary N) is 1. The van der Waals surface area contributed by atoms with Crippen LogP contribution in [0, 0.1) is 0 Å². The van der Waals surface area contributed by atoms with E-state index in [4.69, 9.17) is 10.5 Å². The van der Waals surface area contributed by atoms with Crippen LogP contribution in [-0.2, 0) is 4.74 Å². The number of hydrogen-bond acceptors (Lipinski definition) is 5. The average Bonchev–Trinajstić information content (AvgIpc) is 2.87. The smallest absolute Gasteiger partial charge is 0.351 e. The van der Waals surface area contributed by atoms with Crippen LogP contribution < -0.4 is 11.4 Å². The highest BCUT2D eigenvalue weighted by Crippen LogP contribution is 2.38. The van der Waals surface area contributed by atoms with Crippen LogP contribution in [0.1, 0.15) is 11.8 Å². The van der Waals surface area contributed by atoms with Crippen LogP contribution in [0.3, 0.4) is 0 Å². The molecule has 1 saturated heterocycles. The predicted molar refractivity (Wildman–Crippen MR) is 80.2 cm³/mol. The molecule has 2 heterocycles. The van der Waals surface area contributed by atoms with E-state index in [-0.39, 0.29) is 29.6 Å². The Hall–Kier alpha value is -1.84. The van der Waals surface area contributed by atoms with Gasteiger partial charge in [-0.1, -0.05) is 15.9 Å². The Morgan fingerprint density at radius 3 is 2.68 bits per heavy atom. The number of anilines is 1. The third-order valence-corrected chi connectivity index (χ3v) is 3.41. The maximum Gasteiger partial charge on any atom is 0.351 e. The van der Waals surface area contributed by atoms with Gasteiger partial charge in [-0.05, 0) is 11.1 Å². The quantitative estimate of drug-likeness (QED) is 0.840. The molecule has 1 aliphatic heterocycles. The van der Waals surface area contributed by atoms with E-state index in [1.807, 2.05) is 0 Å². The first-order valence-corrected chi connectivity index (χ1v) is 7.01. The molecular weight excluding hydrogens is 364 g/mol. The highest BCUT2D eigenvalue weighted by atomic mass is 79.9. The molecule has 0 bridgehead atoms. The average molecular weight is 376 g/mol. The van der Waals surface area contributed by atoms with Crippen molar-refractivity contribution >= 4 is 27.8 Å². The van der Waals surface area contributed by atoms with Gasteiger partial charge in [-0.15, -0.1) is 0 Å². The van der Waals surface area contributed by atoms with Crippen molar-refractivity contribution in [1.82, 2.24) is 9.55 Å². The molecule has 0 spiro atoms. The Morgan fingerprint density at radius 1 is 1.45 bits per heavy atom. The second-order valence-corrected chi connectivity index (χ2v) is 4.88. The molecule has 0 radical (unpaired) electrons. The van der Waals surface area contributed by atoms with E-state index in [1.54, 1.807) is 0 Å². The van der Waals surface area contributed by atoms with Crippen molar-refractivity contribution < 1.29 is 18.6 Å². The maximum atomic E-state index is 13.1. The van der Waals surface area contributed by atoms with E-state index in [0.29, 0.717) is 5.56 Å². The lowest BCUT2D eigenvalue weighted by molar-refractivity contribution is -0.00860. The molecule has 6 nitrogen and oxygen atoms in total. The molecule has 0 amide bonds. The van der Waals surface area contributed by atoms with Crippen LogP contribution in [0.25, 0.3) is 6.08 Å². The van der Waals surface area contributed by atoms with Crippen molar-refractivity contribution in [2.24, 2.45) is 0 Å². The summed E-state index contributed by atoms with van der Waals surface area (Å²) in [4.78, 5) is 17.1. The SMILES string of the molecule is Nc1nc(=O)n(C2OC(CO)C(=C/F)/C2=C\F)cc1/C=C\Br. The van der Waals surface area contributed by atoms with Crippen molar-refractivity contribution in [2.75, 3.05) is 12.3 Å². The highest BCUT2D eigenvalue weighted by Gasteiger charge is 2.37. The lowest BCUT2D eigenvalue weighted by Gasteiger charge is -2.15. The highest BCUT2D eigenvalue weighted by molar-refractivity contribution is 9.11. The Labute approximate surface area is 132 Å². The molecule has 1 aromatic heterocycles. The molecule has 0 saturated carbocycles. The third kappa shape index (κ3) is 2.87. The molecule has 2 unspecified atom stereocenters. The summed E-state index contributed by atoms with van der Waals surface area (Å²) in [6, 6.07) is 0. The van der Waals surface area contributed by atoms with Crippen LogP contribution >= 0.6 is 15.9 Å². The van der Waals surface area contributed by atoms with Gasteiger partial charge < -0.3 is 15.6 Å². The minimum atomic E-state index is -1.24. The Kier molecular flexibility index (Phi) is 5.22. The van der Waals surface area contributed by atoms with Crippen LogP contribution in [0.15, 0.2) is 39.8 Å². The molecule has 118 valence electrons. The zero-order valence-electron chi connectivity index (χ0n) is 11.1. The van der Waals surface area contributed by atoms with Crippen LogP contribution in [0.2, 0.25) is 0 Å². The summed E-state index contributed by atoms with van der Waals surface area (Å²) in [5, 5.41) is 9.18. The fraction of sp³-hybridized carbons (Fsp3) is 0.231. The number of nitrogen functional groups attached to an aromatic ring is 1. The van der Waals surface area contributed by atoms with E-state index < -0.39 is 24.6 Å². The van der Waals surface area contributed by atoms with E-state index in [0.717, 1.165) is 4.57 Å². The monoisotopic (exact) mass is 375 g/mol. The van der Waals surface area contributed by atoms with E-state index in [2.05, 4.69) is 20.9 Å². The number of halogens is 3. The number of rotatable bonds is 3. The maximum absolute atomic E-state index is 13.1. The van der Waals surface area contributed by atoms with Gasteiger partial charge in [-0.25, -0.2) is 13.6 Å². The number of hydrogen-bond donors (Lipinski definition) is 2. The third-order valence-electron chi connectivity index (χ3n) is 3.15. The fourth-order valence-corrected chi connectivity index (χ4v) is 2.38. The molecule has 2 atom stereocenters. The van der Waals surface area contributed by atoms with E-state index in [1.165, 1.54) is 17.3 Å². The molecule has 22 heavy (non-hydrogen) atoms. The number of ether oxygens (including phenoxy) is 1. The first kappa shape index (κ1) is 16.5. The number of aliphatic hydroxyl groups excluding tert-OH is 1. The topological polar surface area (TPSA) is 90.4 Å². The minimum Gasteiger partial charge on any atom is -0.393 e. The normalized spacial score (nSPS) is 25.6. The fourth-order valence-electron chi connectivity index (χ4n) is 2.10. The van der Waals surface area contributed by atoms with Gasteiger partial charge in [-0.3, -0.25) is 4.57 Å². The predicted octanol–water partition coefficient (Wildman–Crippen LogP) is 1.79. The van der Waals surface area contributed by atoms with Crippen molar-refractivity contribution in [2.45, 2.75) is 12.3 Å². The van der Waals surface area contributed by atoms with E-state index in [9.17, 15) is 18.7 Å². The van der Waals surface area contributed by atoms with Gasteiger partial charge in [0.1, 0.15) is 11.9 Å². The molecule has 1 fully saturated rings. The molecular formula is C13H12BrF2N3O3.